The molecule has 1 heterocycles. The maximum absolute atomic E-state index is 13.3. The first kappa shape index (κ1) is 9.06. The van der Waals surface area contributed by atoms with Gasteiger partial charge in [0.15, 0.2) is 11.6 Å². The molecule has 1 aromatic carbocycles. The smallest absolute Gasteiger partial charge is 0.178 e. The maximum Gasteiger partial charge on any atom is 0.178 e. The fourth-order valence-corrected chi connectivity index (χ4v) is 1.60. The van der Waals surface area contributed by atoms with Gasteiger partial charge in [-0.05, 0) is 24.6 Å². The lowest BCUT2D eigenvalue weighted by Crippen LogP contribution is -1.89. The van der Waals surface area contributed by atoms with Gasteiger partial charge in [0.05, 0.1) is 12.6 Å². The van der Waals surface area contributed by atoms with Gasteiger partial charge in [0.1, 0.15) is 0 Å². The fourth-order valence-electron chi connectivity index (χ4n) is 1.60. The van der Waals surface area contributed by atoms with Crippen LogP contribution in [0.5, 0.6) is 5.75 Å². The van der Waals surface area contributed by atoms with Gasteiger partial charge in [-0.25, -0.2) is 4.39 Å². The van der Waals surface area contributed by atoms with E-state index in [9.17, 15) is 4.39 Å². The molecular formula is C11H12FNO. The SMILES string of the molecule is CCc1cc2ccc(F)c(OC)c2[nH]1. The molecule has 0 saturated carbocycles. The molecule has 74 valence electrons. The van der Waals surface area contributed by atoms with Crippen LogP contribution in [0.15, 0.2) is 18.2 Å². The van der Waals surface area contributed by atoms with E-state index in [1.807, 2.05) is 13.0 Å². The van der Waals surface area contributed by atoms with E-state index in [0.717, 1.165) is 23.0 Å². The Bertz CT molecular complexity index is 462. The average Bonchev–Trinajstić information content (AvgIpc) is 2.60. The lowest BCUT2D eigenvalue weighted by molar-refractivity contribution is 0.391. The third-order valence-electron chi connectivity index (χ3n) is 2.34. The van der Waals surface area contributed by atoms with E-state index >= 15 is 0 Å². The first-order valence-electron chi connectivity index (χ1n) is 4.60. The average molecular weight is 193 g/mol. The minimum absolute atomic E-state index is 0.294. The van der Waals surface area contributed by atoms with Crippen LogP contribution in [0, 0.1) is 5.82 Å². The molecule has 0 atom stereocenters. The topological polar surface area (TPSA) is 25.0 Å². The van der Waals surface area contributed by atoms with Crippen LogP contribution in [0.1, 0.15) is 12.6 Å². The molecule has 14 heavy (non-hydrogen) atoms. The Hall–Kier alpha value is -1.51. The van der Waals surface area contributed by atoms with Crippen LogP contribution in [-0.4, -0.2) is 12.1 Å². The summed E-state index contributed by atoms with van der Waals surface area (Å²) in [5.41, 5.74) is 1.83. The Morgan fingerprint density at radius 3 is 2.86 bits per heavy atom. The number of aromatic amines is 1. The van der Waals surface area contributed by atoms with Gasteiger partial charge in [-0.15, -0.1) is 0 Å². The van der Waals surface area contributed by atoms with Crippen molar-refractivity contribution in [3.63, 3.8) is 0 Å². The highest BCUT2D eigenvalue weighted by atomic mass is 19.1. The van der Waals surface area contributed by atoms with Crippen molar-refractivity contribution in [2.24, 2.45) is 0 Å². The minimum Gasteiger partial charge on any atom is -0.492 e. The van der Waals surface area contributed by atoms with Gasteiger partial charge in [0.2, 0.25) is 0 Å². The van der Waals surface area contributed by atoms with Crippen LogP contribution in [-0.2, 0) is 6.42 Å². The van der Waals surface area contributed by atoms with Crippen molar-refractivity contribution >= 4 is 10.9 Å². The number of aryl methyl sites for hydroxylation is 1. The standard InChI is InChI=1S/C11H12FNO/c1-3-8-6-7-4-5-9(12)11(14-2)10(7)13-8/h4-6,13H,3H2,1-2H3. The molecule has 0 unspecified atom stereocenters. The van der Waals surface area contributed by atoms with Crippen LogP contribution in [0.4, 0.5) is 4.39 Å². The van der Waals surface area contributed by atoms with Crippen LogP contribution < -0.4 is 4.74 Å². The highest BCUT2D eigenvalue weighted by Crippen LogP contribution is 2.28. The van der Waals surface area contributed by atoms with Gasteiger partial charge >= 0.3 is 0 Å². The molecule has 1 N–H and O–H groups in total. The summed E-state index contributed by atoms with van der Waals surface area (Å²) in [6, 6.07) is 5.19. The van der Waals surface area contributed by atoms with Gasteiger partial charge in [0.25, 0.3) is 0 Å². The van der Waals surface area contributed by atoms with Gasteiger partial charge in [0, 0.05) is 11.1 Å². The number of fused-ring (bicyclic) bond motifs is 1. The second-order valence-electron chi connectivity index (χ2n) is 3.19. The van der Waals surface area contributed by atoms with Crippen molar-refractivity contribution in [1.82, 2.24) is 4.98 Å². The first-order chi connectivity index (χ1) is 6.76. The zero-order valence-corrected chi connectivity index (χ0v) is 8.23. The summed E-state index contributed by atoms with van der Waals surface area (Å²) in [7, 11) is 1.48. The zero-order valence-electron chi connectivity index (χ0n) is 8.23. The van der Waals surface area contributed by atoms with Gasteiger partial charge in [-0.1, -0.05) is 6.92 Å². The van der Waals surface area contributed by atoms with Crippen LogP contribution in [0.3, 0.4) is 0 Å². The van der Waals surface area contributed by atoms with E-state index < -0.39 is 0 Å². The Morgan fingerprint density at radius 2 is 2.21 bits per heavy atom. The highest BCUT2D eigenvalue weighted by molar-refractivity contribution is 5.86. The van der Waals surface area contributed by atoms with Crippen molar-refractivity contribution < 1.29 is 9.13 Å². The first-order valence-corrected chi connectivity index (χ1v) is 4.60. The lowest BCUT2D eigenvalue weighted by Gasteiger charge is -2.02. The molecule has 0 aliphatic rings. The summed E-state index contributed by atoms with van der Waals surface area (Å²) in [6.07, 6.45) is 0.902. The van der Waals surface area contributed by atoms with E-state index in [1.54, 1.807) is 6.07 Å². The number of rotatable bonds is 2. The number of aromatic nitrogens is 1. The monoisotopic (exact) mass is 193 g/mol. The van der Waals surface area contributed by atoms with Crippen molar-refractivity contribution in [3.05, 3.63) is 29.7 Å². The number of ether oxygens (including phenoxy) is 1. The second-order valence-corrected chi connectivity index (χ2v) is 3.19. The molecule has 0 amide bonds. The predicted octanol–water partition coefficient (Wildman–Crippen LogP) is 2.88. The summed E-state index contributed by atoms with van der Waals surface area (Å²) in [6.45, 7) is 2.05. The van der Waals surface area contributed by atoms with Gasteiger partial charge in [-0.2, -0.15) is 0 Å². The molecule has 0 bridgehead atoms. The molecule has 0 fully saturated rings. The highest BCUT2D eigenvalue weighted by Gasteiger charge is 2.09. The van der Waals surface area contributed by atoms with Crippen LogP contribution in [0.25, 0.3) is 10.9 Å². The van der Waals surface area contributed by atoms with Gasteiger partial charge < -0.3 is 9.72 Å². The largest absolute Gasteiger partial charge is 0.492 e. The van der Waals surface area contributed by atoms with Gasteiger partial charge in [-0.3, -0.25) is 0 Å². The number of benzene rings is 1. The summed E-state index contributed by atoms with van der Waals surface area (Å²) in [4.78, 5) is 3.14. The molecule has 1 aromatic heterocycles. The molecule has 0 radical (unpaired) electrons. The number of halogens is 1. The van der Waals surface area contributed by atoms with E-state index in [1.165, 1.54) is 13.2 Å². The number of hydrogen-bond donors (Lipinski definition) is 1. The number of hydrogen-bond acceptors (Lipinski definition) is 1. The molecule has 3 heteroatoms. The summed E-state index contributed by atoms with van der Waals surface area (Å²) >= 11 is 0. The Kier molecular flexibility index (Phi) is 2.15. The molecule has 0 aliphatic carbocycles. The molecule has 0 saturated heterocycles. The number of nitrogens with one attached hydrogen (secondary N) is 1. The molecule has 0 aliphatic heterocycles. The van der Waals surface area contributed by atoms with E-state index in [-0.39, 0.29) is 5.82 Å². The fraction of sp³-hybridized carbons (Fsp3) is 0.273. The molecule has 0 spiro atoms. The zero-order chi connectivity index (χ0) is 10.1. The molecular weight excluding hydrogens is 181 g/mol. The Labute approximate surface area is 81.7 Å². The maximum atomic E-state index is 13.3. The normalized spacial score (nSPS) is 10.8. The third-order valence-corrected chi connectivity index (χ3v) is 2.34. The summed E-state index contributed by atoms with van der Waals surface area (Å²) in [5.74, 6) is -0.0355. The number of methoxy groups -OCH3 is 1. The summed E-state index contributed by atoms with van der Waals surface area (Å²) < 4.78 is 18.3. The van der Waals surface area contributed by atoms with E-state index in [2.05, 4.69) is 4.98 Å². The molecule has 2 rings (SSSR count). The second kappa shape index (κ2) is 3.33. The quantitative estimate of drug-likeness (QED) is 0.779. The van der Waals surface area contributed by atoms with Crippen LogP contribution >= 0.6 is 0 Å². The van der Waals surface area contributed by atoms with E-state index in [0.29, 0.717) is 5.75 Å². The third kappa shape index (κ3) is 1.25. The van der Waals surface area contributed by atoms with Crippen molar-refractivity contribution in [2.45, 2.75) is 13.3 Å². The molecule has 2 aromatic rings. The van der Waals surface area contributed by atoms with E-state index in [4.69, 9.17) is 4.74 Å². The van der Waals surface area contributed by atoms with Crippen molar-refractivity contribution in [1.29, 1.82) is 0 Å². The lowest BCUT2D eigenvalue weighted by atomic mass is 10.2. The van der Waals surface area contributed by atoms with Crippen molar-refractivity contribution in [3.8, 4) is 5.75 Å². The summed E-state index contributed by atoms with van der Waals surface area (Å²) in [5, 5.41) is 0.986. The molecule has 2 nitrogen and oxygen atoms in total. The van der Waals surface area contributed by atoms with Crippen molar-refractivity contribution in [2.75, 3.05) is 7.11 Å². The number of H-pyrrole nitrogens is 1. The Morgan fingerprint density at radius 1 is 1.43 bits per heavy atom. The minimum atomic E-state index is -0.329. The van der Waals surface area contributed by atoms with Crippen LogP contribution in [0.2, 0.25) is 0 Å². The predicted molar refractivity (Wildman–Crippen MR) is 54.2 cm³/mol. The Balaban J connectivity index is 2.73.